The molecule has 0 saturated heterocycles. The smallest absolute Gasteiger partial charge is 0.306 e. The van der Waals surface area contributed by atoms with Crippen LogP contribution in [0.1, 0.15) is 387 Å². The average molecular weight is 1150 g/mol. The van der Waals surface area contributed by atoms with Crippen molar-refractivity contribution in [3.8, 4) is 0 Å². The summed E-state index contributed by atoms with van der Waals surface area (Å²) in [6.07, 6.45) is 91.1. The van der Waals surface area contributed by atoms with Gasteiger partial charge in [-0.25, -0.2) is 0 Å². The standard InChI is InChI=1S/C76H138O6/c1-4-7-10-13-16-19-22-25-28-31-33-34-35-36-37-38-39-40-41-42-43-46-48-51-54-57-60-63-66-69-75(78)81-72-73(71-80-74(77)68-65-62-59-56-53-50-47-44-30-27-24-21-18-15-12-9-6-3)82-76(79)70-67-64-61-58-55-52-49-45-32-29-26-23-20-17-14-11-8-5-2/h9,12,18,21-22,25,27,30-31,33,73H,4-8,10-11,13-17,19-20,23-24,26,28-29,32,34-72H2,1-3H3/b12-9-,21-18-,25-22-,30-27-,33-31-. The van der Waals surface area contributed by atoms with E-state index in [2.05, 4.69) is 81.5 Å². The molecule has 0 N–H and O–H groups in total. The van der Waals surface area contributed by atoms with Gasteiger partial charge in [-0.05, 0) is 83.5 Å². The first kappa shape index (κ1) is 79.1. The molecule has 0 spiro atoms. The predicted molar refractivity (Wildman–Crippen MR) is 358 cm³/mol. The third-order valence-corrected chi connectivity index (χ3v) is 16.3. The topological polar surface area (TPSA) is 78.9 Å². The highest BCUT2D eigenvalue weighted by atomic mass is 16.6. The van der Waals surface area contributed by atoms with E-state index in [0.29, 0.717) is 19.3 Å². The van der Waals surface area contributed by atoms with Gasteiger partial charge in [0.15, 0.2) is 6.10 Å². The van der Waals surface area contributed by atoms with Crippen molar-refractivity contribution in [3.63, 3.8) is 0 Å². The van der Waals surface area contributed by atoms with Crippen molar-refractivity contribution in [2.75, 3.05) is 13.2 Å². The Hall–Kier alpha value is -2.89. The van der Waals surface area contributed by atoms with Crippen molar-refractivity contribution in [3.05, 3.63) is 60.8 Å². The first-order valence-electron chi connectivity index (χ1n) is 36.3. The van der Waals surface area contributed by atoms with Crippen molar-refractivity contribution in [2.45, 2.75) is 393 Å². The Morgan fingerprint density at radius 2 is 0.476 bits per heavy atom. The molecule has 0 rings (SSSR count). The Balaban J connectivity index is 4.24. The number of rotatable bonds is 67. The molecule has 1 atom stereocenters. The van der Waals surface area contributed by atoms with Gasteiger partial charge >= 0.3 is 17.9 Å². The molecule has 0 aliphatic rings. The van der Waals surface area contributed by atoms with Crippen molar-refractivity contribution in [1.29, 1.82) is 0 Å². The molecule has 0 fully saturated rings. The lowest BCUT2D eigenvalue weighted by molar-refractivity contribution is -0.167. The molecule has 0 amide bonds. The number of hydrogen-bond acceptors (Lipinski definition) is 6. The zero-order valence-corrected chi connectivity index (χ0v) is 55.0. The van der Waals surface area contributed by atoms with Gasteiger partial charge in [-0.1, -0.05) is 345 Å². The van der Waals surface area contributed by atoms with Crippen LogP contribution in [-0.2, 0) is 28.6 Å². The van der Waals surface area contributed by atoms with Crippen molar-refractivity contribution >= 4 is 17.9 Å². The van der Waals surface area contributed by atoms with E-state index in [0.717, 1.165) is 89.9 Å². The molecule has 0 aromatic rings. The van der Waals surface area contributed by atoms with Gasteiger partial charge < -0.3 is 14.2 Å². The van der Waals surface area contributed by atoms with E-state index < -0.39 is 6.10 Å². The maximum absolute atomic E-state index is 13.0. The van der Waals surface area contributed by atoms with Crippen molar-refractivity contribution < 1.29 is 28.6 Å². The molecule has 0 aliphatic carbocycles. The molecule has 6 heteroatoms. The Morgan fingerprint density at radius 3 is 0.744 bits per heavy atom. The summed E-state index contributed by atoms with van der Waals surface area (Å²) >= 11 is 0. The van der Waals surface area contributed by atoms with Crippen LogP contribution in [0, 0.1) is 0 Å². The monoisotopic (exact) mass is 1150 g/mol. The van der Waals surface area contributed by atoms with E-state index in [4.69, 9.17) is 14.2 Å². The van der Waals surface area contributed by atoms with Crippen molar-refractivity contribution in [2.24, 2.45) is 0 Å². The largest absolute Gasteiger partial charge is 0.462 e. The molecule has 0 aromatic heterocycles. The van der Waals surface area contributed by atoms with E-state index in [9.17, 15) is 14.4 Å². The molecule has 478 valence electrons. The molecule has 6 nitrogen and oxygen atoms in total. The highest BCUT2D eigenvalue weighted by Gasteiger charge is 2.19. The summed E-state index contributed by atoms with van der Waals surface area (Å²) in [4.78, 5) is 38.5. The van der Waals surface area contributed by atoms with E-state index in [1.54, 1.807) is 0 Å². The lowest BCUT2D eigenvalue weighted by Crippen LogP contribution is -2.30. The SMILES string of the molecule is CC/C=C\C/C=C\C/C=C\CCCCCCCCCC(=O)OCC(COC(=O)CCCCCCCCCCCCCCCCCCC/C=C\C/C=C\CCCCCCC)OC(=O)CCCCCCCCCCCCCCCCCCCC. The molecule has 1 unspecified atom stereocenters. The fourth-order valence-corrected chi connectivity index (χ4v) is 10.8. The minimum absolute atomic E-state index is 0.0724. The quantitative estimate of drug-likeness (QED) is 0.0261. The van der Waals surface area contributed by atoms with Crippen LogP contribution >= 0.6 is 0 Å². The Kier molecular flexibility index (Phi) is 68.1. The molecule has 0 aromatic carbocycles. The zero-order chi connectivity index (χ0) is 59.2. The number of unbranched alkanes of at least 4 members (excludes halogenated alkanes) is 46. The second-order valence-corrected chi connectivity index (χ2v) is 24.5. The van der Waals surface area contributed by atoms with Gasteiger partial charge in [0.2, 0.25) is 0 Å². The third-order valence-electron chi connectivity index (χ3n) is 16.3. The summed E-state index contributed by atoms with van der Waals surface area (Å²) in [6.45, 7) is 6.58. The lowest BCUT2D eigenvalue weighted by Gasteiger charge is -2.18. The average Bonchev–Trinajstić information content (AvgIpc) is 3.47. The summed E-state index contributed by atoms with van der Waals surface area (Å²) in [7, 11) is 0. The lowest BCUT2D eigenvalue weighted by atomic mass is 10.0. The molecule has 0 aliphatic heterocycles. The number of esters is 3. The summed E-state index contributed by atoms with van der Waals surface area (Å²) in [5.74, 6) is -0.855. The molecule has 82 heavy (non-hydrogen) atoms. The van der Waals surface area contributed by atoms with E-state index >= 15 is 0 Å². The molecular formula is C76H138O6. The second kappa shape index (κ2) is 70.6. The fraction of sp³-hybridized carbons (Fsp3) is 0.829. The Labute approximate surface area is 510 Å². The van der Waals surface area contributed by atoms with Gasteiger partial charge in [0.1, 0.15) is 13.2 Å². The van der Waals surface area contributed by atoms with Crippen LogP contribution in [0.15, 0.2) is 60.8 Å². The normalized spacial score (nSPS) is 12.4. The van der Waals surface area contributed by atoms with Gasteiger partial charge in [-0.2, -0.15) is 0 Å². The summed E-state index contributed by atoms with van der Waals surface area (Å²) in [6, 6.07) is 0. The number of carbonyl (C=O) groups excluding carboxylic acids is 3. The van der Waals surface area contributed by atoms with Gasteiger partial charge in [-0.15, -0.1) is 0 Å². The summed E-state index contributed by atoms with van der Waals surface area (Å²) in [5.41, 5.74) is 0. The van der Waals surface area contributed by atoms with Gasteiger partial charge in [0, 0.05) is 19.3 Å². The second-order valence-electron chi connectivity index (χ2n) is 24.5. The fourth-order valence-electron chi connectivity index (χ4n) is 10.8. The van der Waals surface area contributed by atoms with Crippen molar-refractivity contribution in [1.82, 2.24) is 0 Å². The maximum Gasteiger partial charge on any atom is 0.306 e. The molecule has 0 bridgehead atoms. The van der Waals surface area contributed by atoms with E-state index in [-0.39, 0.29) is 31.1 Å². The minimum Gasteiger partial charge on any atom is -0.462 e. The minimum atomic E-state index is -0.777. The molecule has 0 heterocycles. The van der Waals surface area contributed by atoms with Crippen LogP contribution in [0.3, 0.4) is 0 Å². The molecular weight excluding hydrogens is 1010 g/mol. The first-order valence-corrected chi connectivity index (χ1v) is 36.3. The van der Waals surface area contributed by atoms with Crippen LogP contribution in [0.5, 0.6) is 0 Å². The Morgan fingerprint density at radius 1 is 0.256 bits per heavy atom. The van der Waals surface area contributed by atoms with Gasteiger partial charge in [-0.3, -0.25) is 14.4 Å². The summed E-state index contributed by atoms with van der Waals surface area (Å²) < 4.78 is 17.0. The Bertz CT molecular complexity index is 1460. The maximum atomic E-state index is 13.0. The molecule has 0 saturated carbocycles. The number of ether oxygens (including phenoxy) is 3. The number of hydrogen-bond donors (Lipinski definition) is 0. The van der Waals surface area contributed by atoms with E-state index in [1.807, 2.05) is 0 Å². The molecule has 0 radical (unpaired) electrons. The third kappa shape index (κ3) is 67.9. The van der Waals surface area contributed by atoms with Crippen LogP contribution in [-0.4, -0.2) is 37.2 Å². The van der Waals surface area contributed by atoms with Crippen LogP contribution in [0.2, 0.25) is 0 Å². The number of carbonyl (C=O) groups is 3. The highest BCUT2D eigenvalue weighted by molar-refractivity contribution is 5.71. The van der Waals surface area contributed by atoms with Gasteiger partial charge in [0.05, 0.1) is 0 Å². The van der Waals surface area contributed by atoms with Crippen LogP contribution < -0.4 is 0 Å². The highest BCUT2D eigenvalue weighted by Crippen LogP contribution is 2.18. The van der Waals surface area contributed by atoms with Gasteiger partial charge in [0.25, 0.3) is 0 Å². The first-order chi connectivity index (χ1) is 40.5. The van der Waals surface area contributed by atoms with E-state index in [1.165, 1.54) is 257 Å². The summed E-state index contributed by atoms with van der Waals surface area (Å²) in [5, 5.41) is 0. The van der Waals surface area contributed by atoms with Crippen LogP contribution in [0.4, 0.5) is 0 Å². The number of allylic oxidation sites excluding steroid dienone is 10. The predicted octanol–water partition coefficient (Wildman–Crippen LogP) is 25.1. The van der Waals surface area contributed by atoms with Crippen LogP contribution in [0.25, 0.3) is 0 Å². The zero-order valence-electron chi connectivity index (χ0n) is 55.0.